The highest BCUT2D eigenvalue weighted by atomic mass is 16.5. The second kappa shape index (κ2) is 9.03. The third-order valence-electron chi connectivity index (χ3n) is 4.94. The van der Waals surface area contributed by atoms with Gasteiger partial charge in [-0.25, -0.2) is 0 Å². The van der Waals surface area contributed by atoms with Crippen molar-refractivity contribution in [2.45, 2.75) is 39.3 Å². The lowest BCUT2D eigenvalue weighted by Crippen LogP contribution is -2.30. The topological polar surface area (TPSA) is 76.1 Å². The van der Waals surface area contributed by atoms with Crippen molar-refractivity contribution in [3.05, 3.63) is 65.2 Å². The fourth-order valence-electron chi connectivity index (χ4n) is 3.60. The van der Waals surface area contributed by atoms with Crippen molar-refractivity contribution in [3.8, 4) is 11.5 Å². The molecule has 1 atom stereocenters. The molecule has 1 saturated heterocycles. The third-order valence-corrected chi connectivity index (χ3v) is 4.94. The molecule has 2 aromatic carbocycles. The maximum Gasteiger partial charge on any atom is 0.295 e. The quantitative estimate of drug-likeness (QED) is 0.419. The Balaban J connectivity index is 2.08. The van der Waals surface area contributed by atoms with Gasteiger partial charge in [0.15, 0.2) is 0 Å². The first-order valence-corrected chi connectivity index (χ1v) is 10.1. The average molecular weight is 409 g/mol. The minimum atomic E-state index is -0.677. The maximum atomic E-state index is 12.9. The van der Waals surface area contributed by atoms with Gasteiger partial charge in [0.05, 0.1) is 24.8 Å². The highest BCUT2D eigenvalue weighted by Crippen LogP contribution is 2.40. The van der Waals surface area contributed by atoms with E-state index in [-0.39, 0.29) is 17.4 Å². The molecule has 1 aliphatic heterocycles. The van der Waals surface area contributed by atoms with Crippen LogP contribution in [0.4, 0.5) is 0 Å². The van der Waals surface area contributed by atoms with Crippen LogP contribution in [-0.2, 0) is 9.59 Å². The minimum absolute atomic E-state index is 0.0386. The Labute approximate surface area is 176 Å². The third kappa shape index (κ3) is 4.17. The number of aliphatic hydroxyl groups excluding tert-OH is 1. The maximum absolute atomic E-state index is 12.9. The lowest BCUT2D eigenvalue weighted by molar-refractivity contribution is -0.139. The van der Waals surface area contributed by atoms with Crippen LogP contribution in [0, 0.1) is 0 Å². The SMILES string of the molecule is CCCN1C(=O)C(=O)/C(=C(\O)c2ccc(OC)cc2)C1c1ccc(OC(C)C)cc1. The van der Waals surface area contributed by atoms with Gasteiger partial charge < -0.3 is 19.5 Å². The van der Waals surface area contributed by atoms with Gasteiger partial charge in [-0.05, 0) is 62.2 Å². The summed E-state index contributed by atoms with van der Waals surface area (Å²) in [6.45, 7) is 6.25. The van der Waals surface area contributed by atoms with E-state index in [2.05, 4.69) is 0 Å². The van der Waals surface area contributed by atoms with E-state index in [4.69, 9.17) is 9.47 Å². The number of ether oxygens (including phenoxy) is 2. The van der Waals surface area contributed by atoms with E-state index < -0.39 is 17.7 Å². The smallest absolute Gasteiger partial charge is 0.295 e. The minimum Gasteiger partial charge on any atom is -0.507 e. The van der Waals surface area contributed by atoms with Crippen LogP contribution < -0.4 is 9.47 Å². The second-order valence-electron chi connectivity index (χ2n) is 7.46. The van der Waals surface area contributed by atoms with E-state index in [0.29, 0.717) is 30.0 Å². The van der Waals surface area contributed by atoms with E-state index in [1.807, 2.05) is 45.0 Å². The summed E-state index contributed by atoms with van der Waals surface area (Å²) in [4.78, 5) is 27.1. The van der Waals surface area contributed by atoms with Gasteiger partial charge in [-0.2, -0.15) is 0 Å². The number of rotatable bonds is 7. The molecule has 2 aromatic rings. The molecule has 0 spiro atoms. The highest BCUT2D eigenvalue weighted by Gasteiger charge is 2.45. The van der Waals surface area contributed by atoms with E-state index in [9.17, 15) is 14.7 Å². The largest absolute Gasteiger partial charge is 0.507 e. The fraction of sp³-hybridized carbons (Fsp3) is 0.333. The van der Waals surface area contributed by atoms with Crippen molar-refractivity contribution in [1.29, 1.82) is 0 Å². The average Bonchev–Trinajstić information content (AvgIpc) is 2.99. The second-order valence-corrected chi connectivity index (χ2v) is 7.46. The zero-order valence-corrected chi connectivity index (χ0v) is 17.7. The standard InChI is InChI=1S/C24H27NO5/c1-5-14-25-21(16-6-12-19(13-7-16)30-15(2)3)20(23(27)24(25)28)22(26)17-8-10-18(29-4)11-9-17/h6-13,15,21,26H,5,14H2,1-4H3/b22-20-. The van der Waals surface area contributed by atoms with Gasteiger partial charge in [-0.1, -0.05) is 19.1 Å². The summed E-state index contributed by atoms with van der Waals surface area (Å²) in [6.07, 6.45) is 0.734. The predicted molar refractivity (Wildman–Crippen MR) is 115 cm³/mol. The summed E-state index contributed by atoms with van der Waals surface area (Å²) in [5.41, 5.74) is 1.29. The summed E-state index contributed by atoms with van der Waals surface area (Å²) in [7, 11) is 1.55. The molecule has 30 heavy (non-hydrogen) atoms. The fourth-order valence-corrected chi connectivity index (χ4v) is 3.60. The van der Waals surface area contributed by atoms with Crippen LogP contribution in [0.5, 0.6) is 11.5 Å². The number of methoxy groups -OCH3 is 1. The van der Waals surface area contributed by atoms with Gasteiger partial charge >= 0.3 is 0 Å². The molecule has 1 unspecified atom stereocenters. The number of carbonyl (C=O) groups is 2. The molecular formula is C24H27NO5. The van der Waals surface area contributed by atoms with Crippen LogP contribution in [0.15, 0.2) is 54.1 Å². The lowest BCUT2D eigenvalue weighted by atomic mass is 9.95. The zero-order valence-electron chi connectivity index (χ0n) is 17.7. The molecule has 6 nitrogen and oxygen atoms in total. The summed E-state index contributed by atoms with van der Waals surface area (Å²) in [5.74, 6) is -0.127. The molecule has 0 saturated carbocycles. The molecule has 0 bridgehead atoms. The van der Waals surface area contributed by atoms with E-state index >= 15 is 0 Å². The van der Waals surface area contributed by atoms with Crippen LogP contribution in [-0.4, -0.2) is 41.5 Å². The summed E-state index contributed by atoms with van der Waals surface area (Å²) in [6, 6.07) is 13.4. The molecule has 3 rings (SSSR count). The number of Topliss-reactive ketones (excluding diaryl/α,β-unsaturated/α-hetero) is 1. The highest BCUT2D eigenvalue weighted by molar-refractivity contribution is 6.46. The molecule has 1 aliphatic rings. The number of nitrogens with zero attached hydrogens (tertiary/aromatic N) is 1. The van der Waals surface area contributed by atoms with Gasteiger partial charge in [0.2, 0.25) is 0 Å². The number of amides is 1. The molecule has 0 radical (unpaired) electrons. The molecule has 1 fully saturated rings. The molecule has 1 heterocycles. The van der Waals surface area contributed by atoms with Crippen LogP contribution in [0.1, 0.15) is 44.4 Å². The number of carbonyl (C=O) groups excluding carboxylic acids is 2. The van der Waals surface area contributed by atoms with Crippen molar-refractivity contribution >= 4 is 17.4 Å². The van der Waals surface area contributed by atoms with E-state index in [0.717, 1.165) is 5.56 Å². The van der Waals surface area contributed by atoms with E-state index in [1.54, 1.807) is 31.4 Å². The first-order valence-electron chi connectivity index (χ1n) is 10.1. The van der Waals surface area contributed by atoms with Gasteiger partial charge in [-0.15, -0.1) is 0 Å². The normalized spacial score (nSPS) is 18.2. The van der Waals surface area contributed by atoms with Gasteiger partial charge in [0.25, 0.3) is 11.7 Å². The Hall–Kier alpha value is -3.28. The van der Waals surface area contributed by atoms with Crippen molar-refractivity contribution in [2.24, 2.45) is 0 Å². The molecular weight excluding hydrogens is 382 g/mol. The van der Waals surface area contributed by atoms with Gasteiger partial charge in [-0.3, -0.25) is 9.59 Å². The zero-order chi connectivity index (χ0) is 21.8. The van der Waals surface area contributed by atoms with Crippen LogP contribution in [0.25, 0.3) is 5.76 Å². The number of likely N-dealkylation sites (tertiary alicyclic amines) is 1. The Morgan fingerprint density at radius 3 is 2.17 bits per heavy atom. The number of hydrogen-bond acceptors (Lipinski definition) is 5. The molecule has 0 aliphatic carbocycles. The number of hydrogen-bond donors (Lipinski definition) is 1. The van der Waals surface area contributed by atoms with Crippen LogP contribution in [0.2, 0.25) is 0 Å². The van der Waals surface area contributed by atoms with Gasteiger partial charge in [0.1, 0.15) is 17.3 Å². The molecule has 6 heteroatoms. The van der Waals surface area contributed by atoms with Gasteiger partial charge in [0, 0.05) is 12.1 Å². The van der Waals surface area contributed by atoms with Crippen LogP contribution in [0.3, 0.4) is 0 Å². The van der Waals surface area contributed by atoms with Crippen molar-refractivity contribution in [2.75, 3.05) is 13.7 Å². The number of benzene rings is 2. The Kier molecular flexibility index (Phi) is 6.45. The molecule has 0 aromatic heterocycles. The number of aliphatic hydroxyl groups is 1. The predicted octanol–water partition coefficient (Wildman–Crippen LogP) is 4.31. The summed E-state index contributed by atoms with van der Waals surface area (Å²) < 4.78 is 10.8. The van der Waals surface area contributed by atoms with Crippen molar-refractivity contribution < 1.29 is 24.2 Å². The first-order chi connectivity index (χ1) is 14.4. The Bertz CT molecular complexity index is 945. The first kappa shape index (κ1) is 21.4. The number of ketones is 1. The summed E-state index contributed by atoms with van der Waals surface area (Å²) in [5, 5.41) is 11.0. The van der Waals surface area contributed by atoms with Crippen LogP contribution >= 0.6 is 0 Å². The summed E-state index contributed by atoms with van der Waals surface area (Å²) >= 11 is 0. The molecule has 1 amide bonds. The molecule has 1 N–H and O–H groups in total. The van der Waals surface area contributed by atoms with Crippen molar-refractivity contribution in [3.63, 3.8) is 0 Å². The Morgan fingerprint density at radius 1 is 1.03 bits per heavy atom. The lowest BCUT2D eigenvalue weighted by Gasteiger charge is -2.25. The van der Waals surface area contributed by atoms with Crippen molar-refractivity contribution in [1.82, 2.24) is 4.90 Å². The Morgan fingerprint density at radius 2 is 1.63 bits per heavy atom. The molecule has 158 valence electrons. The van der Waals surface area contributed by atoms with E-state index in [1.165, 1.54) is 4.90 Å². The monoisotopic (exact) mass is 409 g/mol.